The van der Waals surface area contributed by atoms with E-state index in [9.17, 15) is 0 Å². The summed E-state index contributed by atoms with van der Waals surface area (Å²) in [5.74, 6) is 8.66. The van der Waals surface area contributed by atoms with Gasteiger partial charge >= 0.3 is 0 Å². The highest BCUT2D eigenvalue weighted by atomic mass is 28.3. The SMILES string of the molecule is C=C(CC1CCC(C(C)(C)C2C3CC(C(C)(C)C)CCC3C3CCC(C(C)(C)C)CC32)C1)C[Si](C)(C)C. The molecule has 0 heterocycles. The van der Waals surface area contributed by atoms with Gasteiger partial charge in [0.15, 0.2) is 0 Å². The van der Waals surface area contributed by atoms with Gasteiger partial charge in [0, 0.05) is 8.07 Å². The van der Waals surface area contributed by atoms with E-state index in [1.54, 1.807) is 5.57 Å². The Morgan fingerprint density at radius 2 is 1.08 bits per heavy atom. The van der Waals surface area contributed by atoms with Crippen molar-refractivity contribution < 1.29 is 0 Å². The van der Waals surface area contributed by atoms with Crippen molar-refractivity contribution in [1.82, 2.24) is 0 Å². The third kappa shape index (κ3) is 6.49. The second-order valence-electron chi connectivity index (χ2n) is 18.8. The van der Waals surface area contributed by atoms with Crippen molar-refractivity contribution in [2.45, 2.75) is 145 Å². The minimum atomic E-state index is -1.05. The summed E-state index contributed by atoms with van der Waals surface area (Å²) >= 11 is 0. The number of hydrogen-bond donors (Lipinski definition) is 0. The summed E-state index contributed by atoms with van der Waals surface area (Å²) in [6, 6.07) is 1.33. The highest BCUT2D eigenvalue weighted by molar-refractivity contribution is 6.76. The molecule has 0 aromatic carbocycles. The molecule has 0 bridgehead atoms. The summed E-state index contributed by atoms with van der Waals surface area (Å²) in [5.41, 5.74) is 2.99. The predicted molar refractivity (Wildman–Crippen MR) is 168 cm³/mol. The highest BCUT2D eigenvalue weighted by Crippen LogP contribution is 2.67. The van der Waals surface area contributed by atoms with Crippen molar-refractivity contribution in [2.24, 2.45) is 69.5 Å². The molecule has 214 valence electrons. The van der Waals surface area contributed by atoms with Crippen molar-refractivity contribution in [2.75, 3.05) is 0 Å². The zero-order valence-electron chi connectivity index (χ0n) is 27.2. The summed E-state index contributed by atoms with van der Waals surface area (Å²) in [6.07, 6.45) is 14.8. The third-order valence-electron chi connectivity index (χ3n) is 12.6. The Morgan fingerprint density at radius 3 is 1.51 bits per heavy atom. The first-order chi connectivity index (χ1) is 16.9. The average molecular weight is 527 g/mol. The van der Waals surface area contributed by atoms with E-state index >= 15 is 0 Å². The fourth-order valence-electron chi connectivity index (χ4n) is 10.8. The summed E-state index contributed by atoms with van der Waals surface area (Å²) < 4.78 is 0. The van der Waals surface area contributed by atoms with E-state index in [0.29, 0.717) is 16.2 Å². The molecule has 1 heteroatoms. The molecular weight excluding hydrogens is 460 g/mol. The van der Waals surface area contributed by atoms with Crippen LogP contribution in [0.3, 0.4) is 0 Å². The Hall–Kier alpha value is -0.0431. The van der Waals surface area contributed by atoms with E-state index in [2.05, 4.69) is 81.6 Å². The first-order valence-electron chi connectivity index (χ1n) is 16.5. The first-order valence-corrected chi connectivity index (χ1v) is 20.2. The molecule has 0 saturated heterocycles. The van der Waals surface area contributed by atoms with Gasteiger partial charge in [0.1, 0.15) is 0 Å². The van der Waals surface area contributed by atoms with Crippen LogP contribution < -0.4 is 0 Å². The number of hydrogen-bond acceptors (Lipinski definition) is 0. The molecule has 0 radical (unpaired) electrons. The molecule has 0 N–H and O–H groups in total. The highest BCUT2D eigenvalue weighted by Gasteiger charge is 2.60. The smallest absolute Gasteiger partial charge is 0.0483 e. The Labute approximate surface area is 234 Å². The van der Waals surface area contributed by atoms with Crippen LogP contribution in [0.2, 0.25) is 25.7 Å². The molecule has 8 atom stereocenters. The number of fused-ring (bicyclic) bond motifs is 3. The van der Waals surface area contributed by atoms with Crippen molar-refractivity contribution in [3.05, 3.63) is 12.2 Å². The molecular formula is C36H66Si. The fourth-order valence-corrected chi connectivity index (χ4v) is 12.4. The fraction of sp³-hybridized carbons (Fsp3) is 0.944. The molecule has 0 aromatic rings. The normalized spacial score (nSPS) is 39.4. The van der Waals surface area contributed by atoms with Crippen LogP contribution >= 0.6 is 0 Å². The predicted octanol–water partition coefficient (Wildman–Crippen LogP) is 11.5. The Bertz CT molecular complexity index is 760. The average Bonchev–Trinajstić information content (AvgIpc) is 3.33. The van der Waals surface area contributed by atoms with Gasteiger partial charge in [-0.15, -0.1) is 6.58 Å². The van der Waals surface area contributed by atoms with Crippen LogP contribution in [0.1, 0.15) is 120 Å². The summed E-state index contributed by atoms with van der Waals surface area (Å²) in [7, 11) is -1.05. The second-order valence-corrected chi connectivity index (χ2v) is 24.3. The van der Waals surface area contributed by atoms with Crippen LogP contribution in [0, 0.1) is 69.5 Å². The minimum absolute atomic E-state index is 0.469. The molecule has 0 amide bonds. The van der Waals surface area contributed by atoms with E-state index in [1.165, 1.54) is 70.3 Å². The Balaban J connectivity index is 1.56. The van der Waals surface area contributed by atoms with E-state index in [0.717, 1.165) is 53.3 Å². The van der Waals surface area contributed by atoms with Gasteiger partial charge in [-0.25, -0.2) is 0 Å². The van der Waals surface area contributed by atoms with Crippen LogP contribution in [-0.4, -0.2) is 8.07 Å². The lowest BCUT2D eigenvalue weighted by molar-refractivity contribution is -0.00172. The molecule has 0 aromatic heterocycles. The maximum Gasteiger partial charge on any atom is 0.0483 e. The summed E-state index contributed by atoms with van der Waals surface area (Å²) in [4.78, 5) is 0. The van der Waals surface area contributed by atoms with E-state index in [-0.39, 0.29) is 0 Å². The van der Waals surface area contributed by atoms with Crippen molar-refractivity contribution in [3.63, 3.8) is 0 Å². The van der Waals surface area contributed by atoms with Crippen molar-refractivity contribution in [1.29, 1.82) is 0 Å². The lowest BCUT2D eigenvalue weighted by atomic mass is 9.56. The molecule has 4 saturated carbocycles. The molecule has 0 nitrogen and oxygen atoms in total. The minimum Gasteiger partial charge on any atom is -0.100 e. The molecule has 0 spiro atoms. The standard InChI is InChI=1S/C36H66Si/c1-24(23-37(10,11)12)19-25-13-14-28(20-25)36(8,9)33-31-21-26(34(2,3)4)15-17-29(31)30-18-16-27(22-32(30)33)35(5,6)7/h25-33H,1,13-23H2,2-12H3. The molecule has 8 unspecified atom stereocenters. The molecule has 37 heavy (non-hydrogen) atoms. The molecule has 4 aliphatic rings. The largest absolute Gasteiger partial charge is 0.100 e. The van der Waals surface area contributed by atoms with Gasteiger partial charge in [-0.3, -0.25) is 0 Å². The van der Waals surface area contributed by atoms with Gasteiger partial charge < -0.3 is 0 Å². The van der Waals surface area contributed by atoms with Crippen LogP contribution in [-0.2, 0) is 0 Å². The van der Waals surface area contributed by atoms with Crippen LogP contribution in [0.5, 0.6) is 0 Å². The molecule has 4 fully saturated rings. The maximum atomic E-state index is 4.57. The number of rotatable bonds is 6. The Kier molecular flexibility index (Phi) is 8.42. The van der Waals surface area contributed by atoms with Crippen LogP contribution in [0.15, 0.2) is 12.2 Å². The lowest BCUT2D eigenvalue weighted by Gasteiger charge is -2.49. The van der Waals surface area contributed by atoms with E-state index in [4.69, 9.17) is 0 Å². The number of allylic oxidation sites excluding steroid dienone is 1. The van der Waals surface area contributed by atoms with Crippen LogP contribution in [0.4, 0.5) is 0 Å². The van der Waals surface area contributed by atoms with Crippen LogP contribution in [0.25, 0.3) is 0 Å². The van der Waals surface area contributed by atoms with Crippen molar-refractivity contribution >= 4 is 8.07 Å². The summed E-state index contributed by atoms with van der Waals surface area (Å²) in [5, 5.41) is 0. The third-order valence-corrected chi connectivity index (χ3v) is 14.2. The van der Waals surface area contributed by atoms with Gasteiger partial charge in [0.05, 0.1) is 0 Å². The summed E-state index contributed by atoms with van der Waals surface area (Å²) in [6.45, 7) is 32.8. The maximum absolute atomic E-state index is 4.57. The molecule has 0 aliphatic heterocycles. The lowest BCUT2D eigenvalue weighted by Crippen LogP contribution is -2.42. The van der Waals surface area contributed by atoms with E-state index < -0.39 is 8.07 Å². The van der Waals surface area contributed by atoms with Gasteiger partial charge in [-0.1, -0.05) is 80.6 Å². The Morgan fingerprint density at radius 1 is 0.622 bits per heavy atom. The quantitative estimate of drug-likeness (QED) is 0.238. The molecule has 4 aliphatic carbocycles. The first kappa shape index (κ1) is 29.9. The monoisotopic (exact) mass is 526 g/mol. The second kappa shape index (κ2) is 10.4. The van der Waals surface area contributed by atoms with Gasteiger partial charge in [-0.2, -0.15) is 0 Å². The van der Waals surface area contributed by atoms with E-state index in [1.807, 2.05) is 0 Å². The zero-order valence-corrected chi connectivity index (χ0v) is 28.2. The van der Waals surface area contributed by atoms with Gasteiger partial charge in [0.2, 0.25) is 0 Å². The van der Waals surface area contributed by atoms with Crippen molar-refractivity contribution in [3.8, 4) is 0 Å². The van der Waals surface area contributed by atoms with Gasteiger partial charge in [0.25, 0.3) is 0 Å². The topological polar surface area (TPSA) is 0 Å². The van der Waals surface area contributed by atoms with Gasteiger partial charge in [-0.05, 0) is 140 Å². The zero-order chi connectivity index (χ0) is 27.6. The molecule has 4 rings (SSSR count).